The molecule has 5 heteroatoms. The Hall–Kier alpha value is -2.40. The van der Waals surface area contributed by atoms with Gasteiger partial charge in [0, 0.05) is 13.1 Å². The number of methoxy groups -OCH3 is 2. The van der Waals surface area contributed by atoms with Crippen molar-refractivity contribution in [3.05, 3.63) is 47.5 Å². The van der Waals surface area contributed by atoms with Crippen molar-refractivity contribution in [2.24, 2.45) is 0 Å². The summed E-state index contributed by atoms with van der Waals surface area (Å²) in [7, 11) is 3.28. The summed E-state index contributed by atoms with van der Waals surface area (Å²) in [5, 5.41) is 3.42. The molecule has 1 aliphatic rings. The second kappa shape index (κ2) is 7.24. The summed E-state index contributed by atoms with van der Waals surface area (Å²) in [6.07, 6.45) is 0. The smallest absolute Gasteiger partial charge is 0.161 e. The quantitative estimate of drug-likeness (QED) is 0.888. The van der Waals surface area contributed by atoms with E-state index >= 15 is 0 Å². The number of hydrogen-bond donors (Lipinski definition) is 1. The topological polar surface area (TPSA) is 49.0 Å². The number of hydrogen-bond acceptors (Lipinski definition) is 5. The number of ether oxygens (including phenoxy) is 4. The van der Waals surface area contributed by atoms with Gasteiger partial charge in [0.2, 0.25) is 0 Å². The molecule has 1 aliphatic heterocycles. The Bertz CT molecular complexity index is 633. The highest BCUT2D eigenvalue weighted by Crippen LogP contribution is 2.31. The predicted molar refractivity (Wildman–Crippen MR) is 87.5 cm³/mol. The van der Waals surface area contributed by atoms with Gasteiger partial charge in [-0.2, -0.15) is 0 Å². The Labute approximate surface area is 136 Å². The SMILES string of the molecule is COc1ccc(CNCc2ccc3c(c2)OCCO3)cc1OC. The fraction of sp³-hybridized carbons (Fsp3) is 0.333. The van der Waals surface area contributed by atoms with Crippen LogP contribution in [-0.4, -0.2) is 27.4 Å². The summed E-state index contributed by atoms with van der Waals surface area (Å²) < 4.78 is 21.7. The van der Waals surface area contributed by atoms with Crippen LogP contribution in [0.5, 0.6) is 23.0 Å². The number of rotatable bonds is 6. The van der Waals surface area contributed by atoms with Crippen LogP contribution in [-0.2, 0) is 13.1 Å². The molecule has 0 unspecified atom stereocenters. The maximum atomic E-state index is 5.60. The Morgan fingerprint density at radius 3 is 2.22 bits per heavy atom. The van der Waals surface area contributed by atoms with Gasteiger partial charge in [0.05, 0.1) is 14.2 Å². The first kappa shape index (κ1) is 15.5. The highest BCUT2D eigenvalue weighted by atomic mass is 16.6. The highest BCUT2D eigenvalue weighted by Gasteiger charge is 2.11. The van der Waals surface area contributed by atoms with E-state index in [0.29, 0.717) is 13.2 Å². The molecule has 5 nitrogen and oxygen atoms in total. The molecule has 0 amide bonds. The molecular formula is C18H21NO4. The number of nitrogens with one attached hydrogen (secondary N) is 1. The Balaban J connectivity index is 1.59. The molecule has 0 saturated heterocycles. The Morgan fingerprint density at radius 1 is 0.826 bits per heavy atom. The fourth-order valence-electron chi connectivity index (χ4n) is 2.54. The minimum Gasteiger partial charge on any atom is -0.493 e. The third kappa shape index (κ3) is 3.68. The molecule has 0 radical (unpaired) electrons. The molecule has 0 fully saturated rings. The summed E-state index contributed by atoms with van der Waals surface area (Å²) in [6, 6.07) is 12.0. The van der Waals surface area contributed by atoms with Crippen LogP contribution in [0.4, 0.5) is 0 Å². The van der Waals surface area contributed by atoms with Crippen LogP contribution in [0.3, 0.4) is 0 Å². The van der Waals surface area contributed by atoms with Crippen LogP contribution in [0.2, 0.25) is 0 Å². The van der Waals surface area contributed by atoms with Gasteiger partial charge < -0.3 is 24.3 Å². The molecule has 2 aromatic carbocycles. The zero-order valence-electron chi connectivity index (χ0n) is 13.4. The molecule has 0 bridgehead atoms. The lowest BCUT2D eigenvalue weighted by Gasteiger charge is -2.19. The molecule has 0 aliphatic carbocycles. The van der Waals surface area contributed by atoms with E-state index in [0.717, 1.165) is 47.2 Å². The molecule has 1 N–H and O–H groups in total. The number of fused-ring (bicyclic) bond motifs is 1. The zero-order chi connectivity index (χ0) is 16.1. The van der Waals surface area contributed by atoms with Crippen molar-refractivity contribution in [2.45, 2.75) is 13.1 Å². The summed E-state index contributed by atoms with van der Waals surface area (Å²) in [5.74, 6) is 3.12. The molecule has 0 spiro atoms. The zero-order valence-corrected chi connectivity index (χ0v) is 13.4. The molecule has 122 valence electrons. The standard InChI is InChI=1S/C18H21NO4/c1-20-15-5-3-13(9-17(15)21-2)11-19-12-14-4-6-16-18(10-14)23-8-7-22-16/h3-6,9-10,19H,7-8,11-12H2,1-2H3. The summed E-state index contributed by atoms with van der Waals surface area (Å²) in [5.41, 5.74) is 2.30. The third-order valence-electron chi connectivity index (χ3n) is 3.71. The first-order chi connectivity index (χ1) is 11.3. The monoisotopic (exact) mass is 315 g/mol. The number of benzene rings is 2. The van der Waals surface area contributed by atoms with Crippen LogP contribution >= 0.6 is 0 Å². The van der Waals surface area contributed by atoms with Crippen molar-refractivity contribution in [1.82, 2.24) is 5.32 Å². The van der Waals surface area contributed by atoms with Gasteiger partial charge in [0.15, 0.2) is 23.0 Å². The summed E-state index contributed by atoms with van der Waals surface area (Å²) in [6.45, 7) is 2.72. The second-order valence-corrected chi connectivity index (χ2v) is 5.27. The van der Waals surface area contributed by atoms with E-state index in [-0.39, 0.29) is 0 Å². The van der Waals surface area contributed by atoms with Gasteiger partial charge in [-0.25, -0.2) is 0 Å². The van der Waals surface area contributed by atoms with E-state index in [4.69, 9.17) is 18.9 Å². The average Bonchev–Trinajstić information content (AvgIpc) is 2.61. The van der Waals surface area contributed by atoms with Crippen molar-refractivity contribution in [3.8, 4) is 23.0 Å². The fourth-order valence-corrected chi connectivity index (χ4v) is 2.54. The van der Waals surface area contributed by atoms with E-state index < -0.39 is 0 Å². The molecular weight excluding hydrogens is 294 g/mol. The molecule has 0 atom stereocenters. The van der Waals surface area contributed by atoms with Crippen LogP contribution < -0.4 is 24.3 Å². The van der Waals surface area contributed by atoms with Gasteiger partial charge in [-0.05, 0) is 35.4 Å². The highest BCUT2D eigenvalue weighted by molar-refractivity contribution is 5.44. The molecule has 23 heavy (non-hydrogen) atoms. The van der Waals surface area contributed by atoms with Gasteiger partial charge in [0.1, 0.15) is 13.2 Å². The van der Waals surface area contributed by atoms with Crippen LogP contribution in [0, 0.1) is 0 Å². The predicted octanol–water partition coefficient (Wildman–Crippen LogP) is 2.76. The lowest BCUT2D eigenvalue weighted by molar-refractivity contribution is 0.171. The lowest BCUT2D eigenvalue weighted by atomic mass is 10.1. The second-order valence-electron chi connectivity index (χ2n) is 5.27. The minimum atomic E-state index is 0.607. The van der Waals surface area contributed by atoms with Crippen LogP contribution in [0.1, 0.15) is 11.1 Å². The molecule has 0 aromatic heterocycles. The van der Waals surface area contributed by atoms with E-state index in [1.165, 1.54) is 0 Å². The third-order valence-corrected chi connectivity index (χ3v) is 3.71. The van der Waals surface area contributed by atoms with Crippen molar-refractivity contribution in [3.63, 3.8) is 0 Å². The van der Waals surface area contributed by atoms with Crippen LogP contribution in [0.25, 0.3) is 0 Å². The largest absolute Gasteiger partial charge is 0.493 e. The minimum absolute atomic E-state index is 0.607. The first-order valence-corrected chi connectivity index (χ1v) is 7.60. The van der Waals surface area contributed by atoms with Crippen molar-refractivity contribution in [2.75, 3.05) is 27.4 Å². The van der Waals surface area contributed by atoms with E-state index in [2.05, 4.69) is 11.4 Å². The summed E-state index contributed by atoms with van der Waals surface area (Å²) in [4.78, 5) is 0. The molecule has 0 saturated carbocycles. The summed E-state index contributed by atoms with van der Waals surface area (Å²) >= 11 is 0. The van der Waals surface area contributed by atoms with E-state index in [1.807, 2.05) is 30.3 Å². The average molecular weight is 315 g/mol. The van der Waals surface area contributed by atoms with Crippen LogP contribution in [0.15, 0.2) is 36.4 Å². The van der Waals surface area contributed by atoms with Gasteiger partial charge >= 0.3 is 0 Å². The van der Waals surface area contributed by atoms with Gasteiger partial charge in [0.25, 0.3) is 0 Å². The van der Waals surface area contributed by atoms with E-state index in [1.54, 1.807) is 14.2 Å². The van der Waals surface area contributed by atoms with Crippen molar-refractivity contribution in [1.29, 1.82) is 0 Å². The lowest BCUT2D eigenvalue weighted by Crippen LogP contribution is -2.16. The molecule has 3 rings (SSSR count). The van der Waals surface area contributed by atoms with Crippen molar-refractivity contribution >= 4 is 0 Å². The van der Waals surface area contributed by atoms with Gasteiger partial charge in [-0.15, -0.1) is 0 Å². The molecule has 1 heterocycles. The molecule has 2 aromatic rings. The first-order valence-electron chi connectivity index (χ1n) is 7.60. The maximum absolute atomic E-state index is 5.60. The Morgan fingerprint density at radius 2 is 1.48 bits per heavy atom. The van der Waals surface area contributed by atoms with Gasteiger partial charge in [-0.1, -0.05) is 12.1 Å². The maximum Gasteiger partial charge on any atom is 0.161 e. The van der Waals surface area contributed by atoms with Gasteiger partial charge in [-0.3, -0.25) is 0 Å². The Kier molecular flexibility index (Phi) is 4.88. The normalized spacial score (nSPS) is 12.8. The van der Waals surface area contributed by atoms with Crippen molar-refractivity contribution < 1.29 is 18.9 Å². The van der Waals surface area contributed by atoms with E-state index in [9.17, 15) is 0 Å².